The third-order valence-electron chi connectivity index (χ3n) is 3.92. The minimum atomic E-state index is -0.463. The summed E-state index contributed by atoms with van der Waals surface area (Å²) < 4.78 is 5.69. The molecule has 3 rings (SSSR count). The molecule has 128 valence electrons. The highest BCUT2D eigenvalue weighted by Gasteiger charge is 2.28. The van der Waals surface area contributed by atoms with Crippen molar-refractivity contribution in [2.75, 3.05) is 0 Å². The van der Waals surface area contributed by atoms with Gasteiger partial charge >= 0.3 is 5.97 Å². The molecule has 2 aromatic rings. The van der Waals surface area contributed by atoms with Crippen molar-refractivity contribution < 1.29 is 9.53 Å². The molecule has 6 heteroatoms. The van der Waals surface area contributed by atoms with E-state index < -0.39 is 5.97 Å². The summed E-state index contributed by atoms with van der Waals surface area (Å²) in [4.78, 5) is 20.9. The summed E-state index contributed by atoms with van der Waals surface area (Å²) >= 11 is 12.3. The molecule has 0 saturated carbocycles. The molecule has 1 aromatic carbocycles. The van der Waals surface area contributed by atoms with Gasteiger partial charge in [-0.3, -0.25) is 9.98 Å². The Morgan fingerprint density at radius 3 is 2.56 bits per heavy atom. The predicted octanol–water partition coefficient (Wildman–Crippen LogP) is 5.43. The number of allylic oxidation sites excluding steroid dienone is 2. The molecule has 0 radical (unpaired) electrons. The standard InChI is InChI=1S/C19H16Cl2N2O2/c1-11-6-17(14-7-15(20)9-16(21)8-14)18(12(2)23-11)25-19(24)13-4-3-5-22-10-13/h3-5,7-10,17H,6H2,1-2H3. The molecule has 0 fully saturated rings. The van der Waals surface area contributed by atoms with Gasteiger partial charge < -0.3 is 4.74 Å². The van der Waals surface area contributed by atoms with Crippen LogP contribution in [0.25, 0.3) is 0 Å². The number of aliphatic imine (C=N–C) groups is 1. The molecular weight excluding hydrogens is 359 g/mol. The molecule has 4 nitrogen and oxygen atoms in total. The topological polar surface area (TPSA) is 51.5 Å². The van der Waals surface area contributed by atoms with Crippen LogP contribution >= 0.6 is 23.2 Å². The summed E-state index contributed by atoms with van der Waals surface area (Å²) in [7, 11) is 0. The molecule has 0 N–H and O–H groups in total. The number of hydrogen-bond acceptors (Lipinski definition) is 4. The van der Waals surface area contributed by atoms with Crippen molar-refractivity contribution >= 4 is 34.9 Å². The van der Waals surface area contributed by atoms with Crippen LogP contribution in [0.15, 0.2) is 59.2 Å². The van der Waals surface area contributed by atoms with Gasteiger partial charge in [-0.05, 0) is 56.2 Å². The molecule has 0 spiro atoms. The number of carbonyl (C=O) groups is 1. The number of ether oxygens (including phenoxy) is 1. The lowest BCUT2D eigenvalue weighted by atomic mass is 9.89. The average molecular weight is 375 g/mol. The van der Waals surface area contributed by atoms with Gasteiger partial charge in [0.05, 0.1) is 11.3 Å². The quantitative estimate of drug-likeness (QED) is 0.673. The second kappa shape index (κ2) is 7.38. The zero-order chi connectivity index (χ0) is 18.0. The SMILES string of the molecule is CC1=NC(C)=C(OC(=O)c2cccnc2)C(c2cc(Cl)cc(Cl)c2)C1. The Morgan fingerprint density at radius 1 is 1.20 bits per heavy atom. The normalized spacial score (nSPS) is 17.3. The number of aromatic nitrogens is 1. The molecule has 1 aliphatic rings. The smallest absolute Gasteiger partial charge is 0.344 e. The third-order valence-corrected chi connectivity index (χ3v) is 4.35. The number of hydrogen-bond donors (Lipinski definition) is 0. The fourth-order valence-corrected chi connectivity index (χ4v) is 3.40. The van der Waals surface area contributed by atoms with E-state index in [0.717, 1.165) is 11.3 Å². The van der Waals surface area contributed by atoms with Crippen LogP contribution in [0.3, 0.4) is 0 Å². The molecule has 1 atom stereocenters. The third kappa shape index (κ3) is 4.09. The van der Waals surface area contributed by atoms with Crippen LogP contribution in [0.2, 0.25) is 10.0 Å². The Morgan fingerprint density at radius 2 is 1.92 bits per heavy atom. The minimum Gasteiger partial charge on any atom is -0.425 e. The van der Waals surface area contributed by atoms with Gasteiger partial charge in [-0.25, -0.2) is 4.79 Å². The second-order valence-corrected chi connectivity index (χ2v) is 6.76. The van der Waals surface area contributed by atoms with E-state index in [1.807, 2.05) is 26.0 Å². The Balaban J connectivity index is 1.97. The van der Waals surface area contributed by atoms with Gasteiger partial charge in [0.1, 0.15) is 5.76 Å². The van der Waals surface area contributed by atoms with Crippen LogP contribution in [0.5, 0.6) is 0 Å². The molecule has 25 heavy (non-hydrogen) atoms. The maximum Gasteiger partial charge on any atom is 0.344 e. The minimum absolute atomic E-state index is 0.172. The zero-order valence-electron chi connectivity index (χ0n) is 13.8. The molecule has 0 bridgehead atoms. The Hall–Kier alpha value is -2.17. The number of pyridine rings is 1. The van der Waals surface area contributed by atoms with E-state index in [0.29, 0.717) is 33.5 Å². The monoisotopic (exact) mass is 374 g/mol. The van der Waals surface area contributed by atoms with Crippen molar-refractivity contribution in [3.63, 3.8) is 0 Å². The van der Waals surface area contributed by atoms with Gasteiger partial charge in [-0.2, -0.15) is 0 Å². The summed E-state index contributed by atoms with van der Waals surface area (Å²) in [5.74, 6) is -0.123. The number of rotatable bonds is 3. The highest BCUT2D eigenvalue weighted by atomic mass is 35.5. The van der Waals surface area contributed by atoms with E-state index >= 15 is 0 Å². The Labute approximate surface area is 156 Å². The van der Waals surface area contributed by atoms with E-state index in [-0.39, 0.29) is 5.92 Å². The van der Waals surface area contributed by atoms with Crippen LogP contribution in [0.1, 0.15) is 42.1 Å². The van der Waals surface area contributed by atoms with E-state index in [2.05, 4.69) is 9.98 Å². The molecule has 1 aromatic heterocycles. The highest BCUT2D eigenvalue weighted by molar-refractivity contribution is 6.34. The van der Waals surface area contributed by atoms with Crippen molar-refractivity contribution in [3.05, 3.63) is 75.4 Å². The summed E-state index contributed by atoms with van der Waals surface area (Å²) in [5, 5.41) is 1.08. The van der Waals surface area contributed by atoms with Crippen LogP contribution in [0, 0.1) is 0 Å². The maximum atomic E-state index is 12.5. The van der Waals surface area contributed by atoms with Crippen LogP contribution in [-0.4, -0.2) is 16.7 Å². The molecule has 0 aliphatic carbocycles. The number of halogens is 2. The van der Waals surface area contributed by atoms with E-state index in [1.165, 1.54) is 6.20 Å². The van der Waals surface area contributed by atoms with Crippen molar-refractivity contribution in [2.24, 2.45) is 4.99 Å². The van der Waals surface area contributed by atoms with Crippen LogP contribution in [-0.2, 0) is 4.74 Å². The van der Waals surface area contributed by atoms with Gasteiger partial charge in [-0.15, -0.1) is 0 Å². The van der Waals surface area contributed by atoms with E-state index in [1.54, 1.807) is 24.4 Å². The average Bonchev–Trinajstić information content (AvgIpc) is 2.56. The zero-order valence-corrected chi connectivity index (χ0v) is 15.3. The van der Waals surface area contributed by atoms with Crippen LogP contribution < -0.4 is 0 Å². The molecule has 0 amide bonds. The molecule has 0 saturated heterocycles. The summed E-state index contributed by atoms with van der Waals surface area (Å²) in [6.07, 6.45) is 3.71. The van der Waals surface area contributed by atoms with Gasteiger partial charge in [-0.1, -0.05) is 23.2 Å². The van der Waals surface area contributed by atoms with Gasteiger partial charge in [0.25, 0.3) is 0 Å². The molecule has 2 heterocycles. The first kappa shape index (κ1) is 17.6. The first-order chi connectivity index (χ1) is 11.9. The van der Waals surface area contributed by atoms with E-state index in [9.17, 15) is 4.79 Å². The summed E-state index contributed by atoms with van der Waals surface area (Å²) in [5.41, 5.74) is 2.90. The van der Waals surface area contributed by atoms with Crippen molar-refractivity contribution in [2.45, 2.75) is 26.2 Å². The largest absolute Gasteiger partial charge is 0.425 e. The van der Waals surface area contributed by atoms with Crippen LogP contribution in [0.4, 0.5) is 0 Å². The maximum absolute atomic E-state index is 12.5. The first-order valence-corrected chi connectivity index (χ1v) is 8.53. The molecule has 1 aliphatic heterocycles. The lowest BCUT2D eigenvalue weighted by Gasteiger charge is -2.25. The van der Waals surface area contributed by atoms with Gasteiger partial charge in [0.2, 0.25) is 0 Å². The van der Waals surface area contributed by atoms with Gasteiger partial charge in [0, 0.05) is 34.1 Å². The van der Waals surface area contributed by atoms with Crippen molar-refractivity contribution in [1.82, 2.24) is 4.98 Å². The summed E-state index contributed by atoms with van der Waals surface area (Å²) in [6, 6.07) is 8.70. The first-order valence-electron chi connectivity index (χ1n) is 7.77. The molecular formula is C19H16Cl2N2O2. The lowest BCUT2D eigenvalue weighted by molar-refractivity contribution is 0.0598. The number of carbonyl (C=O) groups excluding carboxylic acids is 1. The lowest BCUT2D eigenvalue weighted by Crippen LogP contribution is -2.18. The van der Waals surface area contributed by atoms with Crippen molar-refractivity contribution in [3.8, 4) is 0 Å². The fourth-order valence-electron chi connectivity index (χ4n) is 2.86. The summed E-state index contributed by atoms with van der Waals surface area (Å²) in [6.45, 7) is 3.77. The van der Waals surface area contributed by atoms with Crippen molar-refractivity contribution in [1.29, 1.82) is 0 Å². The number of nitrogens with zero attached hydrogens (tertiary/aromatic N) is 2. The van der Waals surface area contributed by atoms with Gasteiger partial charge in [0.15, 0.2) is 0 Å². The number of benzene rings is 1. The molecule has 1 unspecified atom stereocenters. The Bertz CT molecular complexity index is 856. The number of esters is 1. The second-order valence-electron chi connectivity index (χ2n) is 5.89. The van der Waals surface area contributed by atoms with E-state index in [4.69, 9.17) is 27.9 Å². The predicted molar refractivity (Wildman–Crippen MR) is 99.3 cm³/mol. The highest BCUT2D eigenvalue weighted by Crippen LogP contribution is 2.37. The fraction of sp³-hybridized carbons (Fsp3) is 0.211. The Kier molecular flexibility index (Phi) is 5.21.